The molecule has 3 atom stereocenters. The van der Waals surface area contributed by atoms with Crippen molar-refractivity contribution in [1.82, 2.24) is 20.5 Å². The van der Waals surface area contributed by atoms with E-state index in [9.17, 15) is 5.11 Å². The Hall–Kier alpha value is -2.54. The predicted molar refractivity (Wildman–Crippen MR) is 102 cm³/mol. The van der Waals surface area contributed by atoms with Gasteiger partial charge in [-0.1, -0.05) is 60.7 Å². The SMILES string of the molecule is OC1CC(C(c2ccccc2)c2ccccc2)OCC1NCc1nc[nH]n1. The van der Waals surface area contributed by atoms with Gasteiger partial charge in [0.15, 0.2) is 5.82 Å². The van der Waals surface area contributed by atoms with Crippen LogP contribution in [0.25, 0.3) is 0 Å². The maximum Gasteiger partial charge on any atom is 0.164 e. The molecule has 4 rings (SSSR count). The van der Waals surface area contributed by atoms with Crippen LogP contribution < -0.4 is 5.32 Å². The second-order valence-corrected chi connectivity index (χ2v) is 6.88. The van der Waals surface area contributed by atoms with Gasteiger partial charge in [-0.3, -0.25) is 5.10 Å². The molecule has 0 saturated carbocycles. The van der Waals surface area contributed by atoms with Crippen LogP contribution in [0.3, 0.4) is 0 Å². The fourth-order valence-electron chi connectivity index (χ4n) is 3.72. The van der Waals surface area contributed by atoms with Crippen molar-refractivity contribution in [2.45, 2.75) is 37.1 Å². The van der Waals surface area contributed by atoms with Gasteiger partial charge in [-0.15, -0.1) is 0 Å². The Kier molecular flexibility index (Phi) is 5.58. The summed E-state index contributed by atoms with van der Waals surface area (Å²) in [7, 11) is 0. The highest BCUT2D eigenvalue weighted by atomic mass is 16.5. The number of aliphatic hydroxyl groups excluding tert-OH is 1. The summed E-state index contributed by atoms with van der Waals surface area (Å²) >= 11 is 0. The average molecular weight is 364 g/mol. The van der Waals surface area contributed by atoms with E-state index < -0.39 is 6.10 Å². The standard InChI is InChI=1S/C21H24N4O2/c26-18-11-19(27-13-17(18)22-12-20-23-14-24-25-20)21(15-7-3-1-4-8-15)16-9-5-2-6-10-16/h1-10,14,17-19,21-22,26H,11-13H2,(H,23,24,25). The highest BCUT2D eigenvalue weighted by Gasteiger charge is 2.35. The Bertz CT molecular complexity index is 771. The third-order valence-corrected chi connectivity index (χ3v) is 5.10. The van der Waals surface area contributed by atoms with E-state index in [1.165, 1.54) is 11.1 Å². The summed E-state index contributed by atoms with van der Waals surface area (Å²) < 4.78 is 6.23. The smallest absolute Gasteiger partial charge is 0.164 e. The minimum absolute atomic E-state index is 0.0774. The molecule has 1 fully saturated rings. The lowest BCUT2D eigenvalue weighted by Crippen LogP contribution is -2.50. The van der Waals surface area contributed by atoms with Gasteiger partial charge in [0.05, 0.1) is 31.4 Å². The molecule has 27 heavy (non-hydrogen) atoms. The van der Waals surface area contributed by atoms with Crippen molar-refractivity contribution in [1.29, 1.82) is 0 Å². The van der Waals surface area contributed by atoms with Crippen LogP contribution in [0.2, 0.25) is 0 Å². The number of hydrogen-bond donors (Lipinski definition) is 3. The van der Waals surface area contributed by atoms with Gasteiger partial charge in [0.2, 0.25) is 0 Å². The Morgan fingerprint density at radius 2 is 1.74 bits per heavy atom. The van der Waals surface area contributed by atoms with Crippen molar-refractivity contribution >= 4 is 0 Å². The Morgan fingerprint density at radius 1 is 1.07 bits per heavy atom. The van der Waals surface area contributed by atoms with Gasteiger partial charge in [-0.25, -0.2) is 4.98 Å². The fourth-order valence-corrected chi connectivity index (χ4v) is 3.72. The van der Waals surface area contributed by atoms with Crippen LogP contribution in [0.4, 0.5) is 0 Å². The number of ether oxygens (including phenoxy) is 1. The number of aromatic nitrogens is 3. The lowest BCUT2D eigenvalue weighted by atomic mass is 9.82. The summed E-state index contributed by atoms with van der Waals surface area (Å²) in [6, 6.07) is 20.6. The molecule has 6 heteroatoms. The van der Waals surface area contributed by atoms with Crippen molar-refractivity contribution in [2.75, 3.05) is 6.61 Å². The number of aliphatic hydroxyl groups is 1. The molecule has 0 radical (unpaired) electrons. The van der Waals surface area contributed by atoms with Crippen molar-refractivity contribution in [3.05, 3.63) is 83.9 Å². The summed E-state index contributed by atoms with van der Waals surface area (Å²) in [5.41, 5.74) is 2.40. The van der Waals surface area contributed by atoms with Crippen molar-refractivity contribution in [3.8, 4) is 0 Å². The van der Waals surface area contributed by atoms with Gasteiger partial charge in [0, 0.05) is 12.3 Å². The molecule has 0 spiro atoms. The molecule has 1 aromatic heterocycles. The molecular formula is C21H24N4O2. The first-order valence-corrected chi connectivity index (χ1v) is 9.29. The zero-order valence-corrected chi connectivity index (χ0v) is 15.0. The van der Waals surface area contributed by atoms with Crippen molar-refractivity contribution in [2.24, 2.45) is 0 Å². The third-order valence-electron chi connectivity index (χ3n) is 5.10. The van der Waals surface area contributed by atoms with Crippen LogP contribution in [0.15, 0.2) is 67.0 Å². The Morgan fingerprint density at radius 3 is 2.30 bits per heavy atom. The number of rotatable bonds is 6. The monoisotopic (exact) mass is 364 g/mol. The Balaban J connectivity index is 1.48. The molecule has 2 aromatic carbocycles. The van der Waals surface area contributed by atoms with Gasteiger partial charge in [0.1, 0.15) is 6.33 Å². The summed E-state index contributed by atoms with van der Waals surface area (Å²) in [6.45, 7) is 0.951. The molecule has 1 aliphatic heterocycles. The van der Waals surface area contributed by atoms with E-state index in [1.807, 2.05) is 36.4 Å². The quantitative estimate of drug-likeness (QED) is 0.625. The van der Waals surface area contributed by atoms with Crippen LogP contribution in [0.1, 0.15) is 29.3 Å². The molecule has 140 valence electrons. The zero-order valence-electron chi connectivity index (χ0n) is 15.0. The van der Waals surface area contributed by atoms with E-state index in [0.717, 1.165) is 0 Å². The summed E-state index contributed by atoms with van der Waals surface area (Å²) in [5.74, 6) is 0.770. The molecule has 3 unspecified atom stereocenters. The van der Waals surface area contributed by atoms with Crippen LogP contribution in [-0.4, -0.2) is 45.1 Å². The maximum absolute atomic E-state index is 10.7. The highest BCUT2D eigenvalue weighted by Crippen LogP contribution is 2.34. The lowest BCUT2D eigenvalue weighted by molar-refractivity contribution is -0.0719. The highest BCUT2D eigenvalue weighted by molar-refractivity contribution is 5.34. The molecule has 2 heterocycles. The molecule has 3 N–H and O–H groups in total. The lowest BCUT2D eigenvalue weighted by Gasteiger charge is -2.38. The Labute approximate surface area is 158 Å². The van der Waals surface area contributed by atoms with E-state index in [2.05, 4.69) is 44.8 Å². The largest absolute Gasteiger partial charge is 0.391 e. The third kappa shape index (κ3) is 4.24. The molecule has 6 nitrogen and oxygen atoms in total. The normalized spacial score (nSPS) is 22.8. The summed E-state index contributed by atoms with van der Waals surface area (Å²) in [6.07, 6.45) is 1.55. The van der Waals surface area contributed by atoms with Gasteiger partial charge >= 0.3 is 0 Å². The van der Waals surface area contributed by atoms with Crippen LogP contribution >= 0.6 is 0 Å². The number of aromatic amines is 1. The molecule has 1 aliphatic rings. The summed E-state index contributed by atoms with van der Waals surface area (Å²) in [5, 5.41) is 20.7. The molecule has 0 amide bonds. The average Bonchev–Trinajstić information content (AvgIpc) is 3.23. The zero-order chi connectivity index (χ0) is 18.5. The minimum atomic E-state index is -0.488. The second kappa shape index (κ2) is 8.43. The minimum Gasteiger partial charge on any atom is -0.391 e. The number of H-pyrrole nitrogens is 1. The number of nitrogens with one attached hydrogen (secondary N) is 2. The first-order valence-electron chi connectivity index (χ1n) is 9.29. The van der Waals surface area contributed by atoms with E-state index in [0.29, 0.717) is 25.4 Å². The molecule has 1 saturated heterocycles. The van der Waals surface area contributed by atoms with E-state index in [-0.39, 0.29) is 18.1 Å². The van der Waals surface area contributed by atoms with Gasteiger partial charge in [0.25, 0.3) is 0 Å². The summed E-state index contributed by atoms with van der Waals surface area (Å²) in [4.78, 5) is 4.10. The first-order chi connectivity index (χ1) is 13.3. The molecule has 0 bridgehead atoms. The second-order valence-electron chi connectivity index (χ2n) is 6.88. The molecule has 3 aromatic rings. The fraction of sp³-hybridized carbons (Fsp3) is 0.333. The van der Waals surface area contributed by atoms with E-state index in [1.54, 1.807) is 6.33 Å². The first kappa shape index (κ1) is 17.9. The predicted octanol–water partition coefficient (Wildman–Crippen LogP) is 2.24. The van der Waals surface area contributed by atoms with E-state index >= 15 is 0 Å². The van der Waals surface area contributed by atoms with E-state index in [4.69, 9.17) is 4.74 Å². The number of benzene rings is 2. The topological polar surface area (TPSA) is 83.1 Å². The van der Waals surface area contributed by atoms with Gasteiger partial charge in [-0.2, -0.15) is 5.10 Å². The van der Waals surface area contributed by atoms with Crippen LogP contribution in [0.5, 0.6) is 0 Å². The molecular weight excluding hydrogens is 340 g/mol. The number of nitrogens with zero attached hydrogens (tertiary/aromatic N) is 2. The van der Waals surface area contributed by atoms with Crippen molar-refractivity contribution in [3.63, 3.8) is 0 Å². The van der Waals surface area contributed by atoms with Gasteiger partial charge in [-0.05, 0) is 11.1 Å². The van der Waals surface area contributed by atoms with Gasteiger partial charge < -0.3 is 15.2 Å². The maximum atomic E-state index is 10.7. The van der Waals surface area contributed by atoms with Crippen LogP contribution in [-0.2, 0) is 11.3 Å². The molecule has 0 aliphatic carbocycles. The van der Waals surface area contributed by atoms with Crippen molar-refractivity contribution < 1.29 is 9.84 Å². The van der Waals surface area contributed by atoms with Crippen LogP contribution in [0, 0.1) is 0 Å². The number of hydrogen-bond acceptors (Lipinski definition) is 5.